The predicted octanol–water partition coefficient (Wildman–Crippen LogP) is 2.44. The van der Waals surface area contributed by atoms with Gasteiger partial charge in [-0.1, -0.05) is 12.1 Å². The summed E-state index contributed by atoms with van der Waals surface area (Å²) in [5, 5.41) is 7.26. The van der Waals surface area contributed by atoms with Crippen molar-refractivity contribution in [2.75, 3.05) is 32.8 Å². The van der Waals surface area contributed by atoms with E-state index in [1.165, 1.54) is 0 Å². The number of halogens is 1. The lowest BCUT2D eigenvalue weighted by Gasteiger charge is -2.14. The lowest BCUT2D eigenvalue weighted by atomic mass is 10.1. The Labute approximate surface area is 142 Å². The van der Waals surface area contributed by atoms with Gasteiger partial charge in [-0.05, 0) is 25.5 Å². The molecule has 0 bridgehead atoms. The predicted molar refractivity (Wildman–Crippen MR) is 92.4 cm³/mol. The number of fused-ring (bicyclic) bond motifs is 1. The standard InChI is InChI=1S/C17H22N2O3.ClH/c1-11-3-4-14-12(2)16(22-15(14)7-11)17(20)19-9-13-8-18-5-6-21-10-13;/h3-4,7,13,18H,5-6,8-10H2,1-2H3,(H,19,20);1H. The fraction of sp³-hybridized carbons (Fsp3) is 0.471. The van der Waals surface area contributed by atoms with Gasteiger partial charge in [0.2, 0.25) is 0 Å². The van der Waals surface area contributed by atoms with Crippen LogP contribution in [0.1, 0.15) is 21.7 Å². The van der Waals surface area contributed by atoms with E-state index >= 15 is 0 Å². The quantitative estimate of drug-likeness (QED) is 0.902. The van der Waals surface area contributed by atoms with Crippen molar-refractivity contribution in [1.82, 2.24) is 10.6 Å². The SMILES string of the molecule is Cc1ccc2c(C)c(C(=O)NCC3CNCCOC3)oc2c1.Cl. The lowest BCUT2D eigenvalue weighted by Crippen LogP contribution is -2.35. The summed E-state index contributed by atoms with van der Waals surface area (Å²) in [5.74, 6) is 0.539. The minimum atomic E-state index is -0.157. The average Bonchev–Trinajstić information content (AvgIpc) is 2.68. The molecule has 3 rings (SSSR count). The Morgan fingerprint density at radius 2 is 2.22 bits per heavy atom. The van der Waals surface area contributed by atoms with Crippen LogP contribution < -0.4 is 10.6 Å². The van der Waals surface area contributed by atoms with Gasteiger partial charge < -0.3 is 19.8 Å². The van der Waals surface area contributed by atoms with Crippen molar-refractivity contribution in [1.29, 1.82) is 0 Å². The maximum absolute atomic E-state index is 12.4. The molecule has 1 saturated heterocycles. The van der Waals surface area contributed by atoms with E-state index in [1.807, 2.05) is 32.0 Å². The molecule has 126 valence electrons. The molecule has 0 radical (unpaired) electrons. The largest absolute Gasteiger partial charge is 0.451 e. The van der Waals surface area contributed by atoms with Crippen LogP contribution in [0.3, 0.4) is 0 Å². The van der Waals surface area contributed by atoms with Crippen molar-refractivity contribution < 1.29 is 13.9 Å². The molecule has 0 aliphatic carbocycles. The van der Waals surface area contributed by atoms with Gasteiger partial charge >= 0.3 is 0 Å². The van der Waals surface area contributed by atoms with Crippen molar-refractivity contribution in [3.63, 3.8) is 0 Å². The number of furan rings is 1. The van der Waals surface area contributed by atoms with E-state index in [-0.39, 0.29) is 18.3 Å². The first kappa shape index (κ1) is 17.8. The smallest absolute Gasteiger partial charge is 0.287 e. The zero-order chi connectivity index (χ0) is 15.5. The summed E-state index contributed by atoms with van der Waals surface area (Å²) in [6.45, 7) is 7.65. The number of rotatable bonds is 3. The molecular weight excluding hydrogens is 316 g/mol. The maximum atomic E-state index is 12.4. The van der Waals surface area contributed by atoms with E-state index in [2.05, 4.69) is 10.6 Å². The van der Waals surface area contributed by atoms with Crippen LogP contribution in [-0.4, -0.2) is 38.8 Å². The summed E-state index contributed by atoms with van der Waals surface area (Å²) in [5.41, 5.74) is 2.78. The monoisotopic (exact) mass is 338 g/mol. The summed E-state index contributed by atoms with van der Waals surface area (Å²) in [6, 6.07) is 5.99. The van der Waals surface area contributed by atoms with Gasteiger partial charge in [-0.25, -0.2) is 0 Å². The van der Waals surface area contributed by atoms with Crippen LogP contribution in [0.4, 0.5) is 0 Å². The van der Waals surface area contributed by atoms with Crippen LogP contribution in [0, 0.1) is 19.8 Å². The molecule has 23 heavy (non-hydrogen) atoms. The minimum absolute atomic E-state index is 0. The Kier molecular flexibility index (Phi) is 6.04. The molecule has 1 atom stereocenters. The van der Waals surface area contributed by atoms with Gasteiger partial charge in [-0.15, -0.1) is 12.4 Å². The molecule has 0 saturated carbocycles. The molecule has 1 aliphatic heterocycles. The van der Waals surface area contributed by atoms with Gasteiger partial charge in [-0.3, -0.25) is 4.79 Å². The van der Waals surface area contributed by atoms with Crippen LogP contribution in [0.2, 0.25) is 0 Å². The number of carbonyl (C=O) groups is 1. The average molecular weight is 339 g/mol. The summed E-state index contributed by atoms with van der Waals surface area (Å²) in [6.07, 6.45) is 0. The van der Waals surface area contributed by atoms with Crippen LogP contribution in [0.5, 0.6) is 0 Å². The van der Waals surface area contributed by atoms with Crippen molar-refractivity contribution >= 4 is 29.3 Å². The van der Waals surface area contributed by atoms with E-state index in [4.69, 9.17) is 9.15 Å². The Balaban J connectivity index is 0.00000192. The first-order valence-corrected chi connectivity index (χ1v) is 7.71. The number of carbonyl (C=O) groups excluding carboxylic acids is 1. The topological polar surface area (TPSA) is 63.5 Å². The zero-order valence-corrected chi connectivity index (χ0v) is 14.3. The van der Waals surface area contributed by atoms with Crippen LogP contribution in [-0.2, 0) is 4.74 Å². The van der Waals surface area contributed by atoms with Crippen LogP contribution in [0.15, 0.2) is 22.6 Å². The number of hydrogen-bond donors (Lipinski definition) is 2. The van der Waals surface area contributed by atoms with E-state index in [1.54, 1.807) is 0 Å². The Morgan fingerprint density at radius 3 is 3.04 bits per heavy atom. The van der Waals surface area contributed by atoms with Gasteiger partial charge in [0, 0.05) is 36.5 Å². The van der Waals surface area contributed by atoms with Gasteiger partial charge in [0.1, 0.15) is 5.58 Å². The third-order valence-corrected chi connectivity index (χ3v) is 4.06. The molecule has 1 fully saturated rings. The number of aryl methyl sites for hydroxylation is 2. The summed E-state index contributed by atoms with van der Waals surface area (Å²) in [4.78, 5) is 12.4. The molecule has 2 N–H and O–H groups in total. The molecule has 1 aromatic carbocycles. The first-order valence-electron chi connectivity index (χ1n) is 7.71. The number of benzene rings is 1. The second kappa shape index (κ2) is 7.81. The zero-order valence-electron chi connectivity index (χ0n) is 13.5. The van der Waals surface area contributed by atoms with Gasteiger partial charge in [0.05, 0.1) is 13.2 Å². The molecule has 2 aromatic rings. The van der Waals surface area contributed by atoms with Gasteiger partial charge in [-0.2, -0.15) is 0 Å². The summed E-state index contributed by atoms with van der Waals surface area (Å²) < 4.78 is 11.2. The molecule has 2 heterocycles. The molecule has 0 spiro atoms. The van der Waals surface area contributed by atoms with Crippen molar-refractivity contribution in [3.05, 3.63) is 35.1 Å². The van der Waals surface area contributed by atoms with Crippen LogP contribution in [0.25, 0.3) is 11.0 Å². The Morgan fingerprint density at radius 1 is 1.39 bits per heavy atom. The number of ether oxygens (including phenoxy) is 1. The van der Waals surface area contributed by atoms with E-state index in [9.17, 15) is 4.79 Å². The minimum Gasteiger partial charge on any atom is -0.451 e. The number of amides is 1. The molecule has 5 nitrogen and oxygen atoms in total. The fourth-order valence-corrected chi connectivity index (χ4v) is 2.76. The Bertz CT molecular complexity index is 676. The third kappa shape index (κ3) is 4.05. The van der Waals surface area contributed by atoms with E-state index in [0.29, 0.717) is 24.8 Å². The second-order valence-electron chi connectivity index (χ2n) is 5.91. The fourth-order valence-electron chi connectivity index (χ4n) is 2.76. The van der Waals surface area contributed by atoms with E-state index in [0.717, 1.165) is 41.8 Å². The highest BCUT2D eigenvalue weighted by Gasteiger charge is 2.19. The van der Waals surface area contributed by atoms with Crippen molar-refractivity contribution in [2.45, 2.75) is 13.8 Å². The molecular formula is C17H23ClN2O3. The Hall–Kier alpha value is -1.56. The normalized spacial score (nSPS) is 18.3. The summed E-state index contributed by atoms with van der Waals surface area (Å²) >= 11 is 0. The van der Waals surface area contributed by atoms with E-state index < -0.39 is 0 Å². The second-order valence-corrected chi connectivity index (χ2v) is 5.91. The highest BCUT2D eigenvalue weighted by molar-refractivity contribution is 5.99. The first-order chi connectivity index (χ1) is 10.6. The van der Waals surface area contributed by atoms with Gasteiger partial charge in [0.15, 0.2) is 5.76 Å². The maximum Gasteiger partial charge on any atom is 0.287 e. The molecule has 6 heteroatoms. The highest BCUT2D eigenvalue weighted by atomic mass is 35.5. The number of nitrogens with one attached hydrogen (secondary N) is 2. The summed E-state index contributed by atoms with van der Waals surface area (Å²) in [7, 11) is 0. The molecule has 1 amide bonds. The van der Waals surface area contributed by atoms with Crippen molar-refractivity contribution in [2.24, 2.45) is 5.92 Å². The third-order valence-electron chi connectivity index (χ3n) is 4.06. The molecule has 1 aromatic heterocycles. The lowest BCUT2D eigenvalue weighted by molar-refractivity contribution is 0.0896. The molecule has 1 unspecified atom stereocenters. The molecule has 1 aliphatic rings. The highest BCUT2D eigenvalue weighted by Crippen LogP contribution is 2.26. The number of hydrogen-bond acceptors (Lipinski definition) is 4. The van der Waals surface area contributed by atoms with Crippen molar-refractivity contribution in [3.8, 4) is 0 Å². The van der Waals surface area contributed by atoms with Crippen LogP contribution >= 0.6 is 12.4 Å². The van der Waals surface area contributed by atoms with Gasteiger partial charge in [0.25, 0.3) is 5.91 Å².